The van der Waals surface area contributed by atoms with Crippen LogP contribution in [0.3, 0.4) is 0 Å². The third-order valence-electron chi connectivity index (χ3n) is 4.08. The molecule has 0 spiro atoms. The second-order valence-electron chi connectivity index (χ2n) is 5.56. The van der Waals surface area contributed by atoms with Crippen LogP contribution in [0, 0.1) is 5.41 Å². The first-order valence-electron chi connectivity index (χ1n) is 7.02. The Morgan fingerprint density at radius 1 is 1.53 bits per heavy atom. The van der Waals surface area contributed by atoms with Crippen molar-refractivity contribution in [1.29, 1.82) is 0 Å². The number of likely N-dealkylation sites (tertiary alicyclic amines) is 1. The Bertz CT molecular complexity index is 429. The Morgan fingerprint density at radius 2 is 2.37 bits per heavy atom. The molecule has 2 heterocycles. The summed E-state index contributed by atoms with van der Waals surface area (Å²) in [6.07, 6.45) is 4.29. The summed E-state index contributed by atoms with van der Waals surface area (Å²) in [6, 6.07) is 5.97. The molecule has 1 aromatic rings. The smallest absolute Gasteiger partial charge is 0.193 e. The van der Waals surface area contributed by atoms with Crippen LogP contribution in [0.15, 0.2) is 29.4 Å². The predicted octanol–water partition coefficient (Wildman–Crippen LogP) is 2.28. The fourth-order valence-corrected chi connectivity index (χ4v) is 2.50. The lowest BCUT2D eigenvalue weighted by molar-refractivity contribution is 0.322. The minimum atomic E-state index is 0.433. The molecular weight excluding hydrogens is 236 g/mol. The van der Waals surface area contributed by atoms with E-state index in [0.29, 0.717) is 5.41 Å². The van der Waals surface area contributed by atoms with Gasteiger partial charge < -0.3 is 10.2 Å². The van der Waals surface area contributed by atoms with Gasteiger partial charge in [-0.05, 0) is 30.4 Å². The van der Waals surface area contributed by atoms with Gasteiger partial charge in [-0.25, -0.2) is 0 Å². The molecule has 1 aromatic heterocycles. The highest BCUT2D eigenvalue weighted by atomic mass is 15.3. The minimum absolute atomic E-state index is 0.433. The van der Waals surface area contributed by atoms with E-state index in [1.807, 2.05) is 31.4 Å². The van der Waals surface area contributed by atoms with Crippen LogP contribution < -0.4 is 5.32 Å². The van der Waals surface area contributed by atoms with Crippen LogP contribution in [-0.4, -0.2) is 36.0 Å². The van der Waals surface area contributed by atoms with Crippen molar-refractivity contribution in [3.63, 3.8) is 0 Å². The number of pyridine rings is 1. The Hall–Kier alpha value is -1.58. The molecule has 0 saturated carbocycles. The van der Waals surface area contributed by atoms with E-state index in [4.69, 9.17) is 0 Å². The zero-order valence-corrected chi connectivity index (χ0v) is 12.2. The number of guanidine groups is 1. The van der Waals surface area contributed by atoms with Gasteiger partial charge in [-0.15, -0.1) is 0 Å². The van der Waals surface area contributed by atoms with E-state index >= 15 is 0 Å². The molecule has 1 aliphatic heterocycles. The molecule has 0 radical (unpaired) electrons. The Labute approximate surface area is 115 Å². The van der Waals surface area contributed by atoms with Crippen LogP contribution in [0.1, 0.15) is 32.4 Å². The highest BCUT2D eigenvalue weighted by Gasteiger charge is 2.33. The molecule has 4 heteroatoms. The number of nitrogens with zero attached hydrogens (tertiary/aromatic N) is 3. The molecule has 1 atom stereocenters. The lowest BCUT2D eigenvalue weighted by Gasteiger charge is -2.25. The van der Waals surface area contributed by atoms with Crippen molar-refractivity contribution in [2.75, 3.05) is 20.1 Å². The van der Waals surface area contributed by atoms with Crippen LogP contribution in [0.25, 0.3) is 0 Å². The summed E-state index contributed by atoms with van der Waals surface area (Å²) >= 11 is 0. The van der Waals surface area contributed by atoms with Crippen molar-refractivity contribution in [1.82, 2.24) is 15.2 Å². The number of aromatic nitrogens is 1. The maximum atomic E-state index is 4.39. The SMILES string of the molecule is CCC1(C)CCN(C(=NC)NCc2ccccn2)C1. The fraction of sp³-hybridized carbons (Fsp3) is 0.600. The number of nitrogens with one attached hydrogen (secondary N) is 1. The average Bonchev–Trinajstić information content (AvgIpc) is 2.84. The Kier molecular flexibility index (Phi) is 4.40. The topological polar surface area (TPSA) is 40.5 Å². The average molecular weight is 260 g/mol. The molecule has 1 aliphatic rings. The van der Waals surface area contributed by atoms with Gasteiger partial charge in [-0.1, -0.05) is 19.9 Å². The van der Waals surface area contributed by atoms with Gasteiger partial charge in [-0.3, -0.25) is 9.98 Å². The van der Waals surface area contributed by atoms with E-state index in [1.54, 1.807) is 0 Å². The minimum Gasteiger partial charge on any atom is -0.351 e. The van der Waals surface area contributed by atoms with Crippen molar-refractivity contribution >= 4 is 5.96 Å². The second-order valence-corrected chi connectivity index (χ2v) is 5.56. The summed E-state index contributed by atoms with van der Waals surface area (Å²) in [4.78, 5) is 11.1. The zero-order chi connectivity index (χ0) is 13.7. The van der Waals surface area contributed by atoms with E-state index in [0.717, 1.165) is 31.3 Å². The third-order valence-corrected chi connectivity index (χ3v) is 4.08. The van der Waals surface area contributed by atoms with Crippen LogP contribution in [0.2, 0.25) is 0 Å². The molecule has 1 N–H and O–H groups in total. The predicted molar refractivity (Wildman–Crippen MR) is 79.0 cm³/mol. The van der Waals surface area contributed by atoms with Gasteiger partial charge in [0.2, 0.25) is 0 Å². The number of hydrogen-bond acceptors (Lipinski definition) is 2. The highest BCUT2D eigenvalue weighted by molar-refractivity contribution is 5.80. The molecule has 0 bridgehead atoms. The van der Waals surface area contributed by atoms with E-state index < -0.39 is 0 Å². The summed E-state index contributed by atoms with van der Waals surface area (Å²) in [7, 11) is 1.85. The van der Waals surface area contributed by atoms with Crippen molar-refractivity contribution in [3.05, 3.63) is 30.1 Å². The standard InChI is InChI=1S/C15H24N4/c1-4-15(2)8-10-19(12-15)14(16-3)18-11-13-7-5-6-9-17-13/h5-7,9H,4,8,10-12H2,1-3H3,(H,16,18). The van der Waals surface area contributed by atoms with Crippen molar-refractivity contribution in [2.45, 2.75) is 33.2 Å². The first-order valence-corrected chi connectivity index (χ1v) is 7.02. The maximum absolute atomic E-state index is 4.39. The summed E-state index contributed by atoms with van der Waals surface area (Å²) in [5, 5.41) is 3.40. The molecule has 0 amide bonds. The third kappa shape index (κ3) is 3.46. The van der Waals surface area contributed by atoms with E-state index in [9.17, 15) is 0 Å². The van der Waals surface area contributed by atoms with Crippen molar-refractivity contribution in [2.24, 2.45) is 10.4 Å². The van der Waals surface area contributed by atoms with Crippen LogP contribution in [0.4, 0.5) is 0 Å². The summed E-state index contributed by atoms with van der Waals surface area (Å²) in [5.41, 5.74) is 1.48. The zero-order valence-electron chi connectivity index (χ0n) is 12.2. The number of hydrogen-bond donors (Lipinski definition) is 1. The molecule has 4 nitrogen and oxygen atoms in total. The molecule has 19 heavy (non-hydrogen) atoms. The monoisotopic (exact) mass is 260 g/mol. The first kappa shape index (κ1) is 13.8. The van der Waals surface area contributed by atoms with Crippen LogP contribution in [-0.2, 0) is 6.54 Å². The van der Waals surface area contributed by atoms with E-state index in [1.165, 1.54) is 12.8 Å². The normalized spacial score (nSPS) is 23.7. The molecule has 1 saturated heterocycles. The summed E-state index contributed by atoms with van der Waals surface area (Å²) in [6.45, 7) is 7.54. The van der Waals surface area contributed by atoms with Crippen molar-refractivity contribution < 1.29 is 0 Å². The first-order chi connectivity index (χ1) is 9.17. The van der Waals surface area contributed by atoms with Gasteiger partial charge in [-0.2, -0.15) is 0 Å². The molecular formula is C15H24N4. The number of rotatable bonds is 3. The van der Waals surface area contributed by atoms with Gasteiger partial charge in [0.15, 0.2) is 5.96 Å². The lowest BCUT2D eigenvalue weighted by Crippen LogP contribution is -2.40. The van der Waals surface area contributed by atoms with E-state index in [-0.39, 0.29) is 0 Å². The van der Waals surface area contributed by atoms with Crippen molar-refractivity contribution in [3.8, 4) is 0 Å². The quantitative estimate of drug-likeness (QED) is 0.669. The molecule has 0 aliphatic carbocycles. The molecule has 1 fully saturated rings. The molecule has 104 valence electrons. The summed E-state index contributed by atoms with van der Waals surface area (Å²) < 4.78 is 0. The van der Waals surface area contributed by atoms with Crippen LogP contribution in [0.5, 0.6) is 0 Å². The largest absolute Gasteiger partial charge is 0.351 e. The second kappa shape index (κ2) is 6.04. The van der Waals surface area contributed by atoms with Gasteiger partial charge in [0.25, 0.3) is 0 Å². The molecule has 2 rings (SSSR count). The van der Waals surface area contributed by atoms with Gasteiger partial charge in [0.05, 0.1) is 12.2 Å². The number of aliphatic imine (C=N–C) groups is 1. The molecule has 1 unspecified atom stereocenters. The highest BCUT2D eigenvalue weighted by Crippen LogP contribution is 2.32. The molecule has 0 aromatic carbocycles. The van der Waals surface area contributed by atoms with Crippen LogP contribution >= 0.6 is 0 Å². The Morgan fingerprint density at radius 3 is 2.95 bits per heavy atom. The lowest BCUT2D eigenvalue weighted by atomic mass is 9.87. The summed E-state index contributed by atoms with van der Waals surface area (Å²) in [5.74, 6) is 0.989. The fourth-order valence-electron chi connectivity index (χ4n) is 2.50. The maximum Gasteiger partial charge on any atom is 0.193 e. The van der Waals surface area contributed by atoms with Gasteiger partial charge in [0.1, 0.15) is 0 Å². The Balaban J connectivity index is 1.92. The van der Waals surface area contributed by atoms with Gasteiger partial charge in [0, 0.05) is 26.3 Å². The van der Waals surface area contributed by atoms with E-state index in [2.05, 4.69) is 34.0 Å². The van der Waals surface area contributed by atoms with Gasteiger partial charge >= 0.3 is 0 Å².